The minimum absolute atomic E-state index is 0.0218. The summed E-state index contributed by atoms with van der Waals surface area (Å²) < 4.78 is 11.5. The molecule has 1 aliphatic heterocycles. The van der Waals surface area contributed by atoms with Crippen LogP contribution in [0.5, 0.6) is 0 Å². The predicted molar refractivity (Wildman–Crippen MR) is 155 cm³/mol. The van der Waals surface area contributed by atoms with Gasteiger partial charge in [-0.2, -0.15) is 0 Å². The molecule has 6 atom stereocenters. The van der Waals surface area contributed by atoms with Gasteiger partial charge in [0.15, 0.2) is 0 Å². The van der Waals surface area contributed by atoms with E-state index >= 15 is 0 Å². The molecule has 0 bridgehead atoms. The number of rotatable bonds is 4. The Morgan fingerprint density at radius 3 is 2.50 bits per heavy atom. The molecular formula is C34H46N2O4. The smallest absolute Gasteiger partial charge is 0.410 e. The zero-order valence-electron chi connectivity index (χ0n) is 24.7. The van der Waals surface area contributed by atoms with Crippen LogP contribution in [0.1, 0.15) is 91.0 Å². The van der Waals surface area contributed by atoms with Crippen LogP contribution in [0.4, 0.5) is 4.79 Å². The summed E-state index contributed by atoms with van der Waals surface area (Å²) in [6.07, 6.45) is 17.6. The largest absolute Gasteiger partial charge is 0.462 e. The van der Waals surface area contributed by atoms with Crippen molar-refractivity contribution in [2.75, 3.05) is 13.1 Å². The van der Waals surface area contributed by atoms with Crippen LogP contribution >= 0.6 is 0 Å². The second-order valence-corrected chi connectivity index (χ2v) is 13.8. The highest BCUT2D eigenvalue weighted by Crippen LogP contribution is 2.66. The van der Waals surface area contributed by atoms with Crippen molar-refractivity contribution in [3.63, 3.8) is 0 Å². The molecule has 2 unspecified atom stereocenters. The van der Waals surface area contributed by atoms with Crippen LogP contribution in [-0.2, 0) is 14.3 Å². The molecule has 6 rings (SSSR count). The molecule has 0 spiro atoms. The summed E-state index contributed by atoms with van der Waals surface area (Å²) in [6.45, 7) is 9.84. The Labute approximate surface area is 239 Å². The Morgan fingerprint density at radius 2 is 1.77 bits per heavy atom. The Balaban J connectivity index is 1.07. The molecule has 0 aromatic carbocycles. The zero-order valence-corrected chi connectivity index (χ0v) is 24.7. The topological polar surface area (TPSA) is 68.7 Å². The molecule has 2 saturated carbocycles. The third-order valence-electron chi connectivity index (χ3n) is 11.3. The molecule has 4 aliphatic carbocycles. The number of ether oxygens (including phenoxy) is 2. The summed E-state index contributed by atoms with van der Waals surface area (Å²) in [5.41, 5.74) is 4.80. The summed E-state index contributed by atoms with van der Waals surface area (Å²) in [7, 11) is 0. The molecule has 1 amide bonds. The van der Waals surface area contributed by atoms with E-state index in [-0.39, 0.29) is 41.0 Å². The van der Waals surface area contributed by atoms with Crippen molar-refractivity contribution in [1.82, 2.24) is 9.88 Å². The molecule has 0 radical (unpaired) electrons. The van der Waals surface area contributed by atoms with Gasteiger partial charge >= 0.3 is 12.1 Å². The van der Waals surface area contributed by atoms with Crippen LogP contribution in [0.2, 0.25) is 0 Å². The van der Waals surface area contributed by atoms with Gasteiger partial charge in [0.25, 0.3) is 0 Å². The minimum atomic E-state index is -0.277. The second-order valence-electron chi connectivity index (χ2n) is 13.8. The van der Waals surface area contributed by atoms with Gasteiger partial charge in [-0.3, -0.25) is 9.78 Å². The highest BCUT2D eigenvalue weighted by molar-refractivity contribution is 5.74. The molecule has 6 heteroatoms. The third kappa shape index (κ3) is 4.79. The van der Waals surface area contributed by atoms with E-state index < -0.39 is 0 Å². The number of hydrogen-bond donors (Lipinski definition) is 0. The van der Waals surface area contributed by atoms with E-state index in [4.69, 9.17) is 9.47 Å². The minimum Gasteiger partial charge on any atom is -0.462 e. The lowest BCUT2D eigenvalue weighted by molar-refractivity contribution is -0.158. The molecule has 5 aliphatic rings. The number of nitrogens with zero attached hydrogens (tertiary/aromatic N) is 2. The van der Waals surface area contributed by atoms with Crippen LogP contribution < -0.4 is 0 Å². The number of allylic oxidation sites excluding steroid dienone is 3. The Bertz CT molecular complexity index is 1180. The summed E-state index contributed by atoms with van der Waals surface area (Å²) in [6, 6.07) is 4.29. The maximum Gasteiger partial charge on any atom is 0.410 e. The monoisotopic (exact) mass is 546 g/mol. The molecule has 3 fully saturated rings. The van der Waals surface area contributed by atoms with Gasteiger partial charge < -0.3 is 14.4 Å². The normalized spacial score (nSPS) is 35.7. The third-order valence-corrected chi connectivity index (χ3v) is 11.3. The lowest BCUT2D eigenvalue weighted by Crippen LogP contribution is -2.50. The maximum atomic E-state index is 13.1. The van der Waals surface area contributed by atoms with Gasteiger partial charge in [0.05, 0.1) is 12.0 Å². The standard InChI is InChI=1S/C34H46N2O4/c1-22(2)39-32(38)36-18-13-23(14-19-36)31(37)40-26-11-15-33(3)25(20-26)7-8-27-29-10-9-28(24-6-5-17-35-21-24)34(29,4)16-12-30(27)33/h5-7,9,17,21-23,26-27,29-30H,8,10-16,18-20H2,1-4H3/t26-,27-,29?,30?,33-,34+/m0/s1. The SMILES string of the molecule is CC(C)OC(=O)N1CCC(C(=O)O[C@H]2CC[C@@]3(C)C(=CC[C@@H]4C3CC[C@]3(C)C(c5cccnc5)=CCC43)C2)CC1. The van der Waals surface area contributed by atoms with Crippen molar-refractivity contribution >= 4 is 17.6 Å². The van der Waals surface area contributed by atoms with Crippen LogP contribution in [0.3, 0.4) is 0 Å². The van der Waals surface area contributed by atoms with E-state index in [2.05, 4.69) is 43.1 Å². The number of fused-ring (bicyclic) bond motifs is 5. The van der Waals surface area contributed by atoms with Crippen molar-refractivity contribution in [2.45, 2.75) is 97.7 Å². The first-order valence-corrected chi connectivity index (χ1v) is 15.7. The molecule has 1 aromatic heterocycles. The first-order valence-electron chi connectivity index (χ1n) is 15.7. The summed E-state index contributed by atoms with van der Waals surface area (Å²) in [5.74, 6) is 1.91. The number of aromatic nitrogens is 1. The lowest BCUT2D eigenvalue weighted by atomic mass is 9.47. The predicted octanol–water partition coefficient (Wildman–Crippen LogP) is 7.21. The second kappa shape index (κ2) is 10.6. The first-order chi connectivity index (χ1) is 19.2. The number of likely N-dealkylation sites (tertiary alicyclic amines) is 1. The van der Waals surface area contributed by atoms with E-state index in [1.54, 1.807) is 4.90 Å². The van der Waals surface area contributed by atoms with Crippen molar-refractivity contribution in [2.24, 2.45) is 34.5 Å². The van der Waals surface area contributed by atoms with Crippen molar-refractivity contribution in [1.29, 1.82) is 0 Å². The summed E-state index contributed by atoms with van der Waals surface area (Å²) >= 11 is 0. The van der Waals surface area contributed by atoms with Crippen LogP contribution in [0.25, 0.3) is 5.57 Å². The highest BCUT2D eigenvalue weighted by Gasteiger charge is 2.57. The van der Waals surface area contributed by atoms with E-state index in [0.29, 0.717) is 43.7 Å². The van der Waals surface area contributed by atoms with E-state index in [1.807, 2.05) is 26.2 Å². The zero-order chi connectivity index (χ0) is 28.1. The lowest BCUT2D eigenvalue weighted by Gasteiger charge is -2.58. The van der Waals surface area contributed by atoms with E-state index in [0.717, 1.165) is 25.7 Å². The number of amides is 1. The molecule has 1 saturated heterocycles. The van der Waals surface area contributed by atoms with Gasteiger partial charge in [-0.25, -0.2) is 4.79 Å². The number of esters is 1. The molecule has 6 nitrogen and oxygen atoms in total. The summed E-state index contributed by atoms with van der Waals surface area (Å²) in [5, 5.41) is 0. The maximum absolute atomic E-state index is 13.1. The Hall–Kier alpha value is -2.63. The van der Waals surface area contributed by atoms with Crippen LogP contribution in [0.15, 0.2) is 42.3 Å². The Morgan fingerprint density at radius 1 is 1.00 bits per heavy atom. The van der Waals surface area contributed by atoms with Crippen LogP contribution in [-0.4, -0.2) is 47.2 Å². The quantitative estimate of drug-likeness (QED) is 0.295. The highest BCUT2D eigenvalue weighted by atomic mass is 16.6. The van der Waals surface area contributed by atoms with Gasteiger partial charge in [0.2, 0.25) is 0 Å². The van der Waals surface area contributed by atoms with Crippen molar-refractivity contribution in [3.05, 3.63) is 47.8 Å². The van der Waals surface area contributed by atoms with Crippen molar-refractivity contribution in [3.8, 4) is 0 Å². The molecule has 2 heterocycles. The van der Waals surface area contributed by atoms with E-state index in [9.17, 15) is 9.59 Å². The average molecular weight is 547 g/mol. The first kappa shape index (κ1) is 27.5. The van der Waals surface area contributed by atoms with Gasteiger partial charge in [0, 0.05) is 31.9 Å². The fourth-order valence-corrected chi connectivity index (χ4v) is 9.10. The number of carbonyl (C=O) groups excluding carboxylic acids is 2. The fourth-order valence-electron chi connectivity index (χ4n) is 9.10. The molecule has 1 aromatic rings. The average Bonchev–Trinajstić information content (AvgIpc) is 3.30. The molecular weight excluding hydrogens is 500 g/mol. The Kier molecular flexibility index (Phi) is 7.33. The fraction of sp³-hybridized carbons (Fsp3) is 0.676. The van der Waals surface area contributed by atoms with E-state index in [1.165, 1.54) is 36.0 Å². The van der Waals surface area contributed by atoms with Crippen molar-refractivity contribution < 1.29 is 19.1 Å². The number of piperidine rings is 1. The number of carbonyl (C=O) groups is 2. The molecule has 0 N–H and O–H groups in total. The van der Waals surface area contributed by atoms with Gasteiger partial charge in [-0.05, 0) is 111 Å². The summed E-state index contributed by atoms with van der Waals surface area (Å²) in [4.78, 5) is 31.4. The van der Waals surface area contributed by atoms with Gasteiger partial charge in [-0.1, -0.05) is 37.6 Å². The van der Waals surface area contributed by atoms with Gasteiger partial charge in [-0.15, -0.1) is 0 Å². The number of hydrogen-bond acceptors (Lipinski definition) is 5. The number of pyridine rings is 1. The van der Waals surface area contributed by atoms with Gasteiger partial charge in [0.1, 0.15) is 6.10 Å². The van der Waals surface area contributed by atoms with Crippen LogP contribution in [0, 0.1) is 34.5 Å². The molecule has 40 heavy (non-hydrogen) atoms. The molecule has 216 valence electrons.